The summed E-state index contributed by atoms with van der Waals surface area (Å²) in [5.74, 6) is 1.01. The van der Waals surface area contributed by atoms with Crippen molar-refractivity contribution in [1.82, 2.24) is 9.97 Å². The van der Waals surface area contributed by atoms with Gasteiger partial charge >= 0.3 is 0 Å². The number of aromatic amines is 1. The van der Waals surface area contributed by atoms with Gasteiger partial charge in [0.05, 0.1) is 11.0 Å². The Labute approximate surface area is 114 Å². The number of nitrogens with zero attached hydrogens (tertiary/aromatic N) is 1. The first-order chi connectivity index (χ1) is 8.70. The standard InChI is InChI=1S/C15H13BrN2/c1-10-5-6-13-14(7-10)18-15(17-13)9-11-3-2-4-12(16)8-11/h2-8H,9H2,1H3,(H,17,18). The van der Waals surface area contributed by atoms with Crippen LogP contribution in [0.2, 0.25) is 0 Å². The Kier molecular flexibility index (Phi) is 2.92. The number of H-pyrrole nitrogens is 1. The van der Waals surface area contributed by atoms with E-state index in [0.717, 1.165) is 27.8 Å². The molecule has 0 aliphatic carbocycles. The second-order valence-corrected chi connectivity index (χ2v) is 5.43. The lowest BCUT2D eigenvalue weighted by molar-refractivity contribution is 1.04. The summed E-state index contributed by atoms with van der Waals surface area (Å²) < 4.78 is 1.10. The number of aryl methyl sites for hydroxylation is 1. The van der Waals surface area contributed by atoms with Crippen molar-refractivity contribution in [2.45, 2.75) is 13.3 Å². The molecule has 2 nitrogen and oxygen atoms in total. The molecule has 3 aromatic rings. The lowest BCUT2D eigenvalue weighted by Crippen LogP contribution is -1.90. The Morgan fingerprint density at radius 1 is 1.17 bits per heavy atom. The second kappa shape index (κ2) is 4.58. The quantitative estimate of drug-likeness (QED) is 0.754. The van der Waals surface area contributed by atoms with Crippen molar-refractivity contribution >= 4 is 27.0 Å². The Morgan fingerprint density at radius 2 is 2.06 bits per heavy atom. The van der Waals surface area contributed by atoms with Crippen LogP contribution >= 0.6 is 15.9 Å². The van der Waals surface area contributed by atoms with E-state index in [4.69, 9.17) is 0 Å². The Hall–Kier alpha value is -1.61. The molecule has 90 valence electrons. The van der Waals surface area contributed by atoms with Crippen LogP contribution in [0.1, 0.15) is 17.0 Å². The fraction of sp³-hybridized carbons (Fsp3) is 0.133. The van der Waals surface area contributed by atoms with Crippen LogP contribution in [0.15, 0.2) is 46.9 Å². The average molecular weight is 301 g/mol. The smallest absolute Gasteiger partial charge is 0.111 e. The van der Waals surface area contributed by atoms with Gasteiger partial charge in [0.15, 0.2) is 0 Å². The van der Waals surface area contributed by atoms with E-state index in [2.05, 4.69) is 63.2 Å². The molecule has 0 aliphatic rings. The van der Waals surface area contributed by atoms with E-state index >= 15 is 0 Å². The number of aromatic nitrogens is 2. The van der Waals surface area contributed by atoms with Crippen molar-refractivity contribution in [3.63, 3.8) is 0 Å². The van der Waals surface area contributed by atoms with Crippen LogP contribution < -0.4 is 0 Å². The van der Waals surface area contributed by atoms with Crippen molar-refractivity contribution in [1.29, 1.82) is 0 Å². The number of benzene rings is 2. The molecule has 0 saturated carbocycles. The van der Waals surface area contributed by atoms with Gasteiger partial charge in [0.1, 0.15) is 5.82 Å². The largest absolute Gasteiger partial charge is 0.342 e. The summed E-state index contributed by atoms with van der Waals surface area (Å²) in [7, 11) is 0. The Morgan fingerprint density at radius 3 is 2.89 bits per heavy atom. The zero-order valence-corrected chi connectivity index (χ0v) is 11.7. The fourth-order valence-electron chi connectivity index (χ4n) is 2.10. The van der Waals surface area contributed by atoms with E-state index in [1.165, 1.54) is 11.1 Å². The van der Waals surface area contributed by atoms with E-state index < -0.39 is 0 Å². The van der Waals surface area contributed by atoms with Crippen LogP contribution in [0.25, 0.3) is 11.0 Å². The van der Waals surface area contributed by atoms with Crippen LogP contribution in [0.4, 0.5) is 0 Å². The summed E-state index contributed by atoms with van der Waals surface area (Å²) in [5, 5.41) is 0. The molecular weight excluding hydrogens is 288 g/mol. The van der Waals surface area contributed by atoms with Crippen LogP contribution in [0.5, 0.6) is 0 Å². The number of hydrogen-bond acceptors (Lipinski definition) is 1. The summed E-state index contributed by atoms with van der Waals surface area (Å²) in [6, 6.07) is 14.6. The second-order valence-electron chi connectivity index (χ2n) is 4.51. The zero-order valence-electron chi connectivity index (χ0n) is 10.1. The Bertz CT molecular complexity index is 701. The van der Waals surface area contributed by atoms with Gasteiger partial charge in [-0.3, -0.25) is 0 Å². The van der Waals surface area contributed by atoms with E-state index in [0.29, 0.717) is 0 Å². The summed E-state index contributed by atoms with van der Waals surface area (Å²) in [6.07, 6.45) is 0.827. The Balaban J connectivity index is 1.95. The minimum absolute atomic E-state index is 0.827. The first-order valence-corrected chi connectivity index (χ1v) is 6.70. The van der Waals surface area contributed by atoms with Gasteiger partial charge in [-0.2, -0.15) is 0 Å². The van der Waals surface area contributed by atoms with Gasteiger partial charge in [0, 0.05) is 10.9 Å². The van der Waals surface area contributed by atoms with E-state index in [9.17, 15) is 0 Å². The first-order valence-electron chi connectivity index (χ1n) is 5.90. The monoisotopic (exact) mass is 300 g/mol. The van der Waals surface area contributed by atoms with Gasteiger partial charge in [0.2, 0.25) is 0 Å². The van der Waals surface area contributed by atoms with Crippen LogP contribution in [0, 0.1) is 6.92 Å². The molecular formula is C15H13BrN2. The molecule has 0 bridgehead atoms. The minimum atomic E-state index is 0.827. The average Bonchev–Trinajstić information content (AvgIpc) is 2.70. The number of nitrogens with one attached hydrogen (secondary N) is 1. The van der Waals surface area contributed by atoms with Crippen molar-refractivity contribution < 1.29 is 0 Å². The molecule has 3 rings (SSSR count). The highest BCUT2D eigenvalue weighted by atomic mass is 79.9. The molecule has 3 heteroatoms. The fourth-order valence-corrected chi connectivity index (χ4v) is 2.55. The van der Waals surface area contributed by atoms with Gasteiger partial charge in [-0.15, -0.1) is 0 Å². The lowest BCUT2D eigenvalue weighted by Gasteiger charge is -1.98. The highest BCUT2D eigenvalue weighted by molar-refractivity contribution is 9.10. The van der Waals surface area contributed by atoms with Gasteiger partial charge in [0.25, 0.3) is 0 Å². The number of rotatable bonds is 2. The number of fused-ring (bicyclic) bond motifs is 1. The normalized spacial score (nSPS) is 11.0. The molecule has 1 aromatic heterocycles. The summed E-state index contributed by atoms with van der Waals surface area (Å²) >= 11 is 3.49. The molecule has 18 heavy (non-hydrogen) atoms. The highest BCUT2D eigenvalue weighted by Gasteiger charge is 2.04. The summed E-state index contributed by atoms with van der Waals surface area (Å²) in [5.41, 5.74) is 4.64. The number of hydrogen-bond donors (Lipinski definition) is 1. The molecule has 0 atom stereocenters. The third kappa shape index (κ3) is 2.31. The van der Waals surface area contributed by atoms with Gasteiger partial charge < -0.3 is 4.98 Å². The van der Waals surface area contributed by atoms with Crippen molar-refractivity contribution in [3.8, 4) is 0 Å². The van der Waals surface area contributed by atoms with E-state index in [1.54, 1.807) is 0 Å². The zero-order chi connectivity index (χ0) is 12.5. The molecule has 0 spiro atoms. The maximum absolute atomic E-state index is 4.61. The van der Waals surface area contributed by atoms with Gasteiger partial charge in [-0.25, -0.2) is 4.98 Å². The first kappa shape index (κ1) is 11.5. The van der Waals surface area contributed by atoms with Crippen LogP contribution in [0.3, 0.4) is 0 Å². The van der Waals surface area contributed by atoms with Crippen molar-refractivity contribution in [3.05, 3.63) is 63.9 Å². The van der Waals surface area contributed by atoms with E-state index in [-0.39, 0.29) is 0 Å². The molecule has 1 heterocycles. The SMILES string of the molecule is Cc1ccc2nc(Cc3cccc(Br)c3)[nH]c2c1. The molecule has 0 fully saturated rings. The molecule has 0 aliphatic heterocycles. The molecule has 0 amide bonds. The topological polar surface area (TPSA) is 28.7 Å². The third-order valence-corrected chi connectivity index (χ3v) is 3.44. The van der Waals surface area contributed by atoms with Gasteiger partial charge in [-0.05, 0) is 42.3 Å². The predicted octanol–water partition coefficient (Wildman–Crippen LogP) is 4.22. The highest BCUT2D eigenvalue weighted by Crippen LogP contribution is 2.17. The molecule has 1 N–H and O–H groups in total. The van der Waals surface area contributed by atoms with Crippen LogP contribution in [-0.4, -0.2) is 9.97 Å². The summed E-state index contributed by atoms with van der Waals surface area (Å²) in [6.45, 7) is 2.09. The number of halogens is 1. The third-order valence-electron chi connectivity index (χ3n) is 2.95. The van der Waals surface area contributed by atoms with Gasteiger partial charge in [-0.1, -0.05) is 34.1 Å². The molecule has 0 unspecified atom stereocenters. The minimum Gasteiger partial charge on any atom is -0.342 e. The maximum atomic E-state index is 4.61. The molecule has 2 aromatic carbocycles. The number of imidazole rings is 1. The van der Waals surface area contributed by atoms with Crippen molar-refractivity contribution in [2.24, 2.45) is 0 Å². The van der Waals surface area contributed by atoms with E-state index in [1.807, 2.05) is 12.1 Å². The lowest BCUT2D eigenvalue weighted by atomic mass is 10.1. The maximum Gasteiger partial charge on any atom is 0.111 e. The predicted molar refractivity (Wildman–Crippen MR) is 77.8 cm³/mol. The molecule has 0 radical (unpaired) electrons. The molecule has 0 saturated heterocycles. The summed E-state index contributed by atoms with van der Waals surface area (Å²) in [4.78, 5) is 7.99. The van der Waals surface area contributed by atoms with Crippen LogP contribution in [-0.2, 0) is 6.42 Å². The van der Waals surface area contributed by atoms with Crippen molar-refractivity contribution in [2.75, 3.05) is 0 Å².